The molecule has 7 nitrogen and oxygen atoms in total. The summed E-state index contributed by atoms with van der Waals surface area (Å²) in [6, 6.07) is 10.1. The fourth-order valence-corrected chi connectivity index (χ4v) is 2.66. The number of carboxylic acid groups (broad SMARTS) is 1. The maximum absolute atomic E-state index is 14.9. The van der Waals surface area contributed by atoms with Gasteiger partial charge in [-0.3, -0.25) is 0 Å². The van der Waals surface area contributed by atoms with Crippen LogP contribution >= 0.6 is 0 Å². The van der Waals surface area contributed by atoms with Crippen LogP contribution < -0.4 is 0 Å². The van der Waals surface area contributed by atoms with E-state index in [0.717, 1.165) is 0 Å². The quantitative estimate of drug-likeness (QED) is 0.755. The summed E-state index contributed by atoms with van der Waals surface area (Å²) in [6.07, 6.45) is -0.979. The molecule has 128 valence electrons. The molecule has 0 aliphatic carbocycles. The van der Waals surface area contributed by atoms with Gasteiger partial charge in [0.2, 0.25) is 0 Å². The van der Waals surface area contributed by atoms with Crippen molar-refractivity contribution in [1.29, 1.82) is 0 Å². The number of benzene rings is 2. The van der Waals surface area contributed by atoms with Gasteiger partial charge in [-0.2, -0.15) is 4.68 Å². The lowest BCUT2D eigenvalue weighted by Crippen LogP contribution is -2.13. The fraction of sp³-hybridized carbons (Fsp3) is 0.176. The summed E-state index contributed by atoms with van der Waals surface area (Å²) in [4.78, 5) is 11.6. The van der Waals surface area contributed by atoms with E-state index in [9.17, 15) is 19.4 Å². The van der Waals surface area contributed by atoms with Crippen LogP contribution in [0.3, 0.4) is 0 Å². The lowest BCUT2D eigenvalue weighted by Gasteiger charge is -2.15. The number of tetrazole rings is 1. The second kappa shape index (κ2) is 6.40. The lowest BCUT2D eigenvalue weighted by atomic mass is 9.96. The summed E-state index contributed by atoms with van der Waals surface area (Å²) in [7, 11) is 0. The summed E-state index contributed by atoms with van der Waals surface area (Å²) in [5, 5.41) is 30.4. The van der Waals surface area contributed by atoms with Gasteiger partial charge in [0.1, 0.15) is 17.5 Å². The van der Waals surface area contributed by atoms with Gasteiger partial charge in [0.25, 0.3) is 0 Å². The first kappa shape index (κ1) is 16.7. The van der Waals surface area contributed by atoms with E-state index in [0.29, 0.717) is 11.3 Å². The van der Waals surface area contributed by atoms with Crippen molar-refractivity contribution in [2.24, 2.45) is 0 Å². The molecule has 3 aromatic rings. The number of aliphatic hydroxyl groups excluding tert-OH is 1. The second-order valence-electron chi connectivity index (χ2n) is 5.55. The number of rotatable bonds is 4. The van der Waals surface area contributed by atoms with Crippen LogP contribution in [-0.2, 0) is 0 Å². The van der Waals surface area contributed by atoms with E-state index >= 15 is 0 Å². The first-order valence-corrected chi connectivity index (χ1v) is 7.50. The first-order chi connectivity index (χ1) is 11.9. The van der Waals surface area contributed by atoms with E-state index in [1.54, 1.807) is 30.3 Å². The molecule has 25 heavy (non-hydrogen) atoms. The second-order valence-corrected chi connectivity index (χ2v) is 5.55. The molecule has 1 aromatic heterocycles. The number of halogens is 1. The third-order valence-corrected chi connectivity index (χ3v) is 3.89. The van der Waals surface area contributed by atoms with Gasteiger partial charge >= 0.3 is 5.97 Å². The number of carbonyl (C=O) groups is 1. The van der Waals surface area contributed by atoms with Crippen molar-refractivity contribution in [2.45, 2.75) is 20.0 Å². The zero-order valence-corrected chi connectivity index (χ0v) is 13.5. The minimum absolute atomic E-state index is 0.116. The molecule has 0 spiro atoms. The van der Waals surface area contributed by atoms with Gasteiger partial charge in [-0.1, -0.05) is 30.3 Å². The Labute approximate surface area is 142 Å². The fourth-order valence-electron chi connectivity index (χ4n) is 2.66. The molecule has 0 fully saturated rings. The van der Waals surface area contributed by atoms with Crippen LogP contribution in [0.1, 0.15) is 34.8 Å². The molecule has 1 heterocycles. The summed E-state index contributed by atoms with van der Waals surface area (Å²) in [6.45, 7) is 2.96. The van der Waals surface area contributed by atoms with Crippen molar-refractivity contribution in [3.8, 4) is 16.8 Å². The van der Waals surface area contributed by atoms with Crippen molar-refractivity contribution in [3.05, 3.63) is 59.2 Å². The Bertz CT molecular complexity index is 939. The Morgan fingerprint density at radius 1 is 1.28 bits per heavy atom. The van der Waals surface area contributed by atoms with E-state index in [1.165, 1.54) is 24.6 Å². The van der Waals surface area contributed by atoms with Gasteiger partial charge in [0.05, 0.1) is 5.69 Å². The van der Waals surface area contributed by atoms with E-state index < -0.39 is 23.5 Å². The number of aromatic carboxylic acids is 1. The van der Waals surface area contributed by atoms with Gasteiger partial charge in [-0.15, -0.1) is 5.10 Å². The van der Waals surface area contributed by atoms with Crippen LogP contribution in [0, 0.1) is 12.7 Å². The molecule has 2 aromatic carbocycles. The predicted octanol–water partition coefficient (Wildman–Crippen LogP) is 2.53. The highest BCUT2D eigenvalue weighted by atomic mass is 19.1. The molecule has 0 amide bonds. The van der Waals surface area contributed by atoms with Gasteiger partial charge in [0.15, 0.2) is 5.82 Å². The van der Waals surface area contributed by atoms with Crippen LogP contribution in [-0.4, -0.2) is 36.4 Å². The predicted molar refractivity (Wildman–Crippen MR) is 86.9 cm³/mol. The Morgan fingerprint density at radius 3 is 2.56 bits per heavy atom. The highest BCUT2D eigenvalue weighted by molar-refractivity contribution is 5.93. The van der Waals surface area contributed by atoms with Crippen molar-refractivity contribution in [2.75, 3.05) is 0 Å². The highest BCUT2D eigenvalue weighted by Gasteiger charge is 2.25. The Morgan fingerprint density at radius 2 is 1.96 bits per heavy atom. The average Bonchev–Trinajstić information content (AvgIpc) is 3.05. The molecular weight excluding hydrogens is 327 g/mol. The number of hydrogen-bond donors (Lipinski definition) is 2. The lowest BCUT2D eigenvalue weighted by molar-refractivity contribution is 0.0691. The summed E-state index contributed by atoms with van der Waals surface area (Å²) in [5.41, 5.74) is 0.641. The Kier molecular flexibility index (Phi) is 4.28. The third-order valence-electron chi connectivity index (χ3n) is 3.89. The number of nitrogens with zero attached hydrogens (tertiary/aromatic N) is 4. The van der Waals surface area contributed by atoms with Crippen molar-refractivity contribution in [3.63, 3.8) is 0 Å². The topological polar surface area (TPSA) is 101 Å². The smallest absolute Gasteiger partial charge is 0.339 e. The maximum atomic E-state index is 14.9. The minimum atomic E-state index is -1.39. The van der Waals surface area contributed by atoms with Gasteiger partial charge in [-0.05, 0) is 41.5 Å². The number of aliphatic hydroxyl groups is 1. The molecule has 2 N–H and O–H groups in total. The average molecular weight is 342 g/mol. The van der Waals surface area contributed by atoms with Crippen molar-refractivity contribution in [1.82, 2.24) is 20.2 Å². The number of hydrogen-bond acceptors (Lipinski definition) is 5. The van der Waals surface area contributed by atoms with Gasteiger partial charge < -0.3 is 10.2 Å². The molecule has 0 radical (unpaired) electrons. The molecule has 1 unspecified atom stereocenters. The van der Waals surface area contributed by atoms with E-state index in [1.807, 2.05) is 0 Å². The van der Waals surface area contributed by atoms with Crippen LogP contribution in [0.2, 0.25) is 0 Å². The van der Waals surface area contributed by atoms with E-state index in [2.05, 4.69) is 15.5 Å². The maximum Gasteiger partial charge on any atom is 0.339 e. The largest absolute Gasteiger partial charge is 0.478 e. The van der Waals surface area contributed by atoms with E-state index in [-0.39, 0.29) is 17.0 Å². The Hall–Kier alpha value is -3.13. The zero-order valence-electron chi connectivity index (χ0n) is 13.5. The minimum Gasteiger partial charge on any atom is -0.478 e. The molecule has 0 saturated carbocycles. The monoisotopic (exact) mass is 342 g/mol. The standard InChI is InChI=1S/C17H15FN4O3/c1-9-13(22-16(10(2)23)19-20-21-22)8-12(11-6-4-3-5-7-11)15(18)14(9)17(24)25/h3-8,10,23H,1-2H3,(H,24,25). The normalized spacial score (nSPS) is 12.2. The molecular formula is C17H15FN4O3. The molecule has 1 atom stereocenters. The van der Waals surface area contributed by atoms with E-state index in [4.69, 9.17) is 0 Å². The Balaban J connectivity index is 2.35. The van der Waals surface area contributed by atoms with Crippen LogP contribution in [0.15, 0.2) is 36.4 Å². The molecule has 0 aliphatic heterocycles. The summed E-state index contributed by atoms with van der Waals surface area (Å²) in [5.74, 6) is -2.09. The van der Waals surface area contributed by atoms with Gasteiger partial charge in [0, 0.05) is 5.56 Å². The van der Waals surface area contributed by atoms with Crippen LogP contribution in [0.5, 0.6) is 0 Å². The molecule has 0 bridgehead atoms. The van der Waals surface area contributed by atoms with Crippen molar-refractivity contribution < 1.29 is 19.4 Å². The van der Waals surface area contributed by atoms with Gasteiger partial charge in [-0.25, -0.2) is 9.18 Å². The molecule has 3 rings (SSSR count). The molecule has 8 heteroatoms. The van der Waals surface area contributed by atoms with Crippen LogP contribution in [0.25, 0.3) is 16.8 Å². The summed E-state index contributed by atoms with van der Waals surface area (Å²) >= 11 is 0. The molecule has 0 saturated heterocycles. The zero-order chi connectivity index (χ0) is 18.1. The first-order valence-electron chi connectivity index (χ1n) is 7.50. The van der Waals surface area contributed by atoms with Crippen LogP contribution in [0.4, 0.5) is 4.39 Å². The summed E-state index contributed by atoms with van der Waals surface area (Å²) < 4.78 is 16.1. The number of carboxylic acids is 1. The molecule has 0 aliphatic rings. The SMILES string of the molecule is Cc1c(-n2nnnc2C(C)O)cc(-c2ccccc2)c(F)c1C(=O)O. The van der Waals surface area contributed by atoms with Crippen molar-refractivity contribution >= 4 is 5.97 Å². The number of aromatic nitrogens is 4. The third kappa shape index (κ3) is 2.87. The highest BCUT2D eigenvalue weighted by Crippen LogP contribution is 2.32.